The SMILES string of the molecule is COCCCOc1cc(C[C@@H](C[C@H]2[C@H](C[C@H](C(=O)NC(C)(C)C(N)=O)C(C)C)OC(C)(C)N2C(=O)OC(C)(C)C)C(C)C)ccc1OC. The van der Waals surface area contributed by atoms with E-state index in [1.54, 1.807) is 33.0 Å². The fraction of sp³-hybridized carbons (Fsp3) is 0.757. The van der Waals surface area contributed by atoms with Crippen molar-refractivity contribution < 1.29 is 38.1 Å². The van der Waals surface area contributed by atoms with Crippen molar-refractivity contribution in [3.63, 3.8) is 0 Å². The second kappa shape index (κ2) is 17.1. The third-order valence-electron chi connectivity index (χ3n) is 9.01. The molecule has 1 aromatic carbocycles. The molecule has 0 radical (unpaired) electrons. The predicted octanol–water partition coefficient (Wildman–Crippen LogP) is 6.10. The second-order valence-corrected chi connectivity index (χ2v) is 15.7. The molecule has 1 aliphatic heterocycles. The molecule has 48 heavy (non-hydrogen) atoms. The zero-order chi connectivity index (χ0) is 36.6. The summed E-state index contributed by atoms with van der Waals surface area (Å²) >= 11 is 0. The number of benzene rings is 1. The van der Waals surface area contributed by atoms with Crippen LogP contribution in [-0.4, -0.2) is 79.3 Å². The van der Waals surface area contributed by atoms with Gasteiger partial charge < -0.3 is 34.7 Å². The number of carbonyl (C=O) groups excluding carboxylic acids is 3. The largest absolute Gasteiger partial charge is 0.493 e. The molecular weight excluding hydrogens is 614 g/mol. The summed E-state index contributed by atoms with van der Waals surface area (Å²) in [6.45, 7) is 21.9. The van der Waals surface area contributed by atoms with E-state index in [4.69, 9.17) is 29.4 Å². The molecule has 1 aliphatic rings. The molecular formula is C37H63N3O8. The van der Waals surface area contributed by atoms with E-state index in [1.807, 2.05) is 66.7 Å². The molecule has 4 atom stereocenters. The molecule has 0 saturated carbocycles. The number of carbonyl (C=O) groups is 3. The highest BCUT2D eigenvalue weighted by Crippen LogP contribution is 2.42. The van der Waals surface area contributed by atoms with Gasteiger partial charge in [0.1, 0.15) is 16.9 Å². The van der Waals surface area contributed by atoms with Gasteiger partial charge in [-0.05, 0) is 103 Å². The Morgan fingerprint density at radius 3 is 2.15 bits per heavy atom. The number of primary amides is 1. The van der Waals surface area contributed by atoms with Gasteiger partial charge in [0.2, 0.25) is 11.8 Å². The van der Waals surface area contributed by atoms with Crippen LogP contribution in [0.15, 0.2) is 18.2 Å². The van der Waals surface area contributed by atoms with Crippen molar-refractivity contribution in [3.8, 4) is 11.5 Å². The van der Waals surface area contributed by atoms with Crippen LogP contribution in [0.5, 0.6) is 11.5 Å². The van der Waals surface area contributed by atoms with Crippen LogP contribution in [-0.2, 0) is 30.2 Å². The highest BCUT2D eigenvalue weighted by molar-refractivity contribution is 5.90. The topological polar surface area (TPSA) is 139 Å². The Hall–Kier alpha value is -3.05. The predicted molar refractivity (Wildman–Crippen MR) is 187 cm³/mol. The van der Waals surface area contributed by atoms with Gasteiger partial charge in [0, 0.05) is 26.1 Å². The maximum atomic E-state index is 13.9. The average Bonchev–Trinajstić information content (AvgIpc) is 3.20. The lowest BCUT2D eigenvalue weighted by Gasteiger charge is -2.37. The van der Waals surface area contributed by atoms with Crippen LogP contribution in [0.3, 0.4) is 0 Å². The summed E-state index contributed by atoms with van der Waals surface area (Å²) in [4.78, 5) is 41.3. The summed E-state index contributed by atoms with van der Waals surface area (Å²) in [7, 11) is 3.29. The zero-order valence-electron chi connectivity index (χ0n) is 31.7. The Bertz CT molecular complexity index is 1220. The number of amides is 3. The third kappa shape index (κ3) is 11.5. The molecule has 3 amide bonds. The minimum absolute atomic E-state index is 0.0703. The third-order valence-corrected chi connectivity index (χ3v) is 9.01. The lowest BCUT2D eigenvalue weighted by molar-refractivity contribution is -0.135. The van der Waals surface area contributed by atoms with E-state index in [2.05, 4.69) is 19.2 Å². The van der Waals surface area contributed by atoms with E-state index in [0.29, 0.717) is 37.6 Å². The molecule has 1 aromatic rings. The van der Waals surface area contributed by atoms with Crippen LogP contribution in [0.25, 0.3) is 0 Å². The molecule has 1 fully saturated rings. The monoisotopic (exact) mass is 677 g/mol. The lowest BCUT2D eigenvalue weighted by Crippen LogP contribution is -2.55. The van der Waals surface area contributed by atoms with E-state index in [-0.39, 0.29) is 29.7 Å². The molecule has 0 aliphatic carbocycles. The second-order valence-electron chi connectivity index (χ2n) is 15.7. The van der Waals surface area contributed by atoms with Gasteiger partial charge in [-0.15, -0.1) is 0 Å². The van der Waals surface area contributed by atoms with Crippen molar-refractivity contribution >= 4 is 17.9 Å². The molecule has 0 unspecified atom stereocenters. The maximum absolute atomic E-state index is 13.9. The van der Waals surface area contributed by atoms with Crippen LogP contribution in [0.4, 0.5) is 4.79 Å². The van der Waals surface area contributed by atoms with Crippen molar-refractivity contribution in [1.29, 1.82) is 0 Å². The first kappa shape index (κ1) is 41.1. The van der Waals surface area contributed by atoms with Crippen LogP contribution in [0.1, 0.15) is 101 Å². The van der Waals surface area contributed by atoms with Crippen molar-refractivity contribution in [1.82, 2.24) is 10.2 Å². The van der Waals surface area contributed by atoms with Crippen molar-refractivity contribution in [2.24, 2.45) is 29.4 Å². The minimum atomic E-state index is -1.21. The summed E-state index contributed by atoms with van der Waals surface area (Å²) in [5, 5.41) is 2.84. The van der Waals surface area contributed by atoms with Gasteiger partial charge in [-0.3, -0.25) is 14.5 Å². The van der Waals surface area contributed by atoms with Crippen molar-refractivity contribution in [2.45, 2.75) is 131 Å². The Morgan fingerprint density at radius 2 is 1.62 bits per heavy atom. The molecule has 1 saturated heterocycles. The van der Waals surface area contributed by atoms with E-state index >= 15 is 0 Å². The molecule has 274 valence electrons. The van der Waals surface area contributed by atoms with Crippen LogP contribution in [0, 0.1) is 23.7 Å². The van der Waals surface area contributed by atoms with Gasteiger partial charge in [0.05, 0.1) is 25.9 Å². The van der Waals surface area contributed by atoms with Crippen LogP contribution in [0.2, 0.25) is 0 Å². The summed E-state index contributed by atoms with van der Waals surface area (Å²) in [5.74, 6) is 0.266. The fourth-order valence-corrected chi connectivity index (χ4v) is 6.15. The number of ether oxygens (including phenoxy) is 5. The summed E-state index contributed by atoms with van der Waals surface area (Å²) in [6.07, 6.45) is 1.51. The van der Waals surface area contributed by atoms with Gasteiger partial charge in [-0.1, -0.05) is 33.8 Å². The Labute approximate surface area is 288 Å². The summed E-state index contributed by atoms with van der Waals surface area (Å²) in [5.41, 5.74) is 3.74. The first-order valence-corrected chi connectivity index (χ1v) is 17.2. The Morgan fingerprint density at radius 1 is 0.979 bits per heavy atom. The number of nitrogens with one attached hydrogen (secondary N) is 1. The number of rotatable bonds is 17. The molecule has 11 nitrogen and oxygen atoms in total. The molecule has 0 bridgehead atoms. The molecule has 1 heterocycles. The van der Waals surface area contributed by atoms with E-state index < -0.39 is 40.9 Å². The number of hydrogen-bond acceptors (Lipinski definition) is 8. The number of nitrogens with two attached hydrogens (primary N) is 1. The molecule has 3 N–H and O–H groups in total. The highest BCUT2D eigenvalue weighted by atomic mass is 16.6. The number of methoxy groups -OCH3 is 2. The van der Waals surface area contributed by atoms with Gasteiger partial charge in [-0.2, -0.15) is 0 Å². The van der Waals surface area contributed by atoms with Crippen LogP contribution >= 0.6 is 0 Å². The Kier molecular flexibility index (Phi) is 14.6. The van der Waals surface area contributed by atoms with Gasteiger partial charge >= 0.3 is 6.09 Å². The first-order chi connectivity index (χ1) is 22.1. The zero-order valence-corrected chi connectivity index (χ0v) is 31.7. The van der Waals surface area contributed by atoms with E-state index in [1.165, 1.54) is 0 Å². The Balaban J connectivity index is 2.49. The lowest BCUT2D eigenvalue weighted by atomic mass is 9.80. The quantitative estimate of drug-likeness (QED) is 0.189. The fourth-order valence-electron chi connectivity index (χ4n) is 6.15. The smallest absolute Gasteiger partial charge is 0.412 e. The highest BCUT2D eigenvalue weighted by Gasteiger charge is 2.52. The first-order valence-electron chi connectivity index (χ1n) is 17.2. The van der Waals surface area contributed by atoms with Crippen molar-refractivity contribution in [3.05, 3.63) is 23.8 Å². The molecule has 0 aromatic heterocycles. The molecule has 0 spiro atoms. The van der Waals surface area contributed by atoms with Gasteiger partial charge in [0.15, 0.2) is 11.5 Å². The van der Waals surface area contributed by atoms with Crippen LogP contribution < -0.4 is 20.5 Å². The van der Waals surface area contributed by atoms with E-state index in [0.717, 1.165) is 18.4 Å². The van der Waals surface area contributed by atoms with E-state index in [9.17, 15) is 14.4 Å². The normalized spacial score (nSPS) is 19.3. The summed E-state index contributed by atoms with van der Waals surface area (Å²) < 4.78 is 29.4. The van der Waals surface area contributed by atoms with Gasteiger partial charge in [-0.25, -0.2) is 4.79 Å². The average molecular weight is 678 g/mol. The van der Waals surface area contributed by atoms with Crippen molar-refractivity contribution in [2.75, 3.05) is 27.4 Å². The van der Waals surface area contributed by atoms with Gasteiger partial charge in [0.25, 0.3) is 0 Å². The molecule has 11 heteroatoms. The molecule has 2 rings (SSSR count). The summed E-state index contributed by atoms with van der Waals surface area (Å²) in [6, 6.07) is 5.62. The number of hydrogen-bond donors (Lipinski definition) is 2. The number of nitrogens with zero attached hydrogens (tertiary/aromatic N) is 1. The maximum Gasteiger partial charge on any atom is 0.412 e. The standard InChI is InChI=1S/C37H63N3O8/c1-23(2)26(19-25-15-16-29(45-13)31(20-25)46-18-14-17-44-12)21-28-30(47-37(10,11)40(28)34(43)48-35(5,6)7)22-27(24(3)4)32(41)39-36(8,9)33(38)42/h15-16,20,23-24,26-28,30H,14,17-19,21-22H2,1-13H3,(H2,38,42)(H,39,41)/t26-,27-,28-,30-/m0/s1. The minimum Gasteiger partial charge on any atom is -0.493 e.